The molecule has 2 amide bonds. The Kier molecular flexibility index (Phi) is 11.3. The predicted molar refractivity (Wildman–Crippen MR) is 148 cm³/mol. The highest BCUT2D eigenvalue weighted by molar-refractivity contribution is 5.88. The Morgan fingerprint density at radius 1 is 0.973 bits per heavy atom. The van der Waals surface area contributed by atoms with Crippen molar-refractivity contribution in [2.24, 2.45) is 0 Å². The Labute approximate surface area is 222 Å². The molecule has 2 aromatic carbocycles. The van der Waals surface area contributed by atoms with Crippen LogP contribution in [0.2, 0.25) is 0 Å². The summed E-state index contributed by atoms with van der Waals surface area (Å²) in [5.41, 5.74) is 3.20. The molecule has 2 aromatic rings. The van der Waals surface area contributed by atoms with E-state index in [-0.39, 0.29) is 17.9 Å². The number of carbonyl (C=O) groups is 2. The minimum atomic E-state index is -0.492. The van der Waals surface area contributed by atoms with Gasteiger partial charge in [0.15, 0.2) is 11.5 Å². The summed E-state index contributed by atoms with van der Waals surface area (Å²) >= 11 is 0. The fourth-order valence-electron chi connectivity index (χ4n) is 5.08. The summed E-state index contributed by atoms with van der Waals surface area (Å²) in [5, 5.41) is 3.26. The van der Waals surface area contributed by atoms with Gasteiger partial charge in [0.25, 0.3) is 0 Å². The molecule has 0 aromatic heterocycles. The quantitative estimate of drug-likeness (QED) is 0.361. The molecule has 1 aliphatic rings. The molecule has 0 unspecified atom stereocenters. The zero-order chi connectivity index (χ0) is 26.6. The van der Waals surface area contributed by atoms with Gasteiger partial charge in [0.1, 0.15) is 6.04 Å². The maximum atomic E-state index is 13.7. The van der Waals surface area contributed by atoms with E-state index in [4.69, 9.17) is 9.47 Å². The summed E-state index contributed by atoms with van der Waals surface area (Å²) in [7, 11) is 0. The molecule has 1 N–H and O–H groups in total. The number of amides is 2. The SMILES string of the molecule is CCOc1ccc(CCC(=O)N(Cc2ccccc2C)[C@@H](CC)C(=O)NC2CCCCC2)cc1OCC. The highest BCUT2D eigenvalue weighted by atomic mass is 16.5. The smallest absolute Gasteiger partial charge is 0.243 e. The van der Waals surface area contributed by atoms with Gasteiger partial charge in [-0.25, -0.2) is 0 Å². The van der Waals surface area contributed by atoms with Crippen molar-refractivity contribution in [1.82, 2.24) is 10.2 Å². The average molecular weight is 509 g/mol. The van der Waals surface area contributed by atoms with Crippen molar-refractivity contribution in [3.8, 4) is 11.5 Å². The van der Waals surface area contributed by atoms with Crippen LogP contribution in [0.5, 0.6) is 11.5 Å². The molecule has 0 heterocycles. The van der Waals surface area contributed by atoms with E-state index in [1.807, 2.05) is 57.2 Å². The highest BCUT2D eigenvalue weighted by Gasteiger charge is 2.30. The fraction of sp³-hybridized carbons (Fsp3) is 0.548. The van der Waals surface area contributed by atoms with Crippen molar-refractivity contribution in [2.45, 2.75) is 97.7 Å². The van der Waals surface area contributed by atoms with Crippen molar-refractivity contribution in [2.75, 3.05) is 13.2 Å². The number of nitrogens with zero attached hydrogens (tertiary/aromatic N) is 1. The minimum absolute atomic E-state index is 0.0132. The summed E-state index contributed by atoms with van der Waals surface area (Å²) < 4.78 is 11.4. The molecule has 1 saturated carbocycles. The molecular formula is C31H44N2O4. The van der Waals surface area contributed by atoms with Crippen molar-refractivity contribution in [3.05, 3.63) is 59.2 Å². The molecule has 1 fully saturated rings. The molecule has 202 valence electrons. The van der Waals surface area contributed by atoms with Gasteiger partial charge in [-0.3, -0.25) is 9.59 Å². The van der Waals surface area contributed by atoms with E-state index in [1.165, 1.54) is 6.42 Å². The van der Waals surface area contributed by atoms with Gasteiger partial charge in [-0.05, 0) is 75.3 Å². The summed E-state index contributed by atoms with van der Waals surface area (Å²) in [4.78, 5) is 28.9. The van der Waals surface area contributed by atoms with E-state index in [0.29, 0.717) is 50.5 Å². The van der Waals surface area contributed by atoms with E-state index in [1.54, 1.807) is 4.90 Å². The molecule has 3 rings (SSSR count). The van der Waals surface area contributed by atoms with Crippen LogP contribution in [0.4, 0.5) is 0 Å². The number of nitrogens with one attached hydrogen (secondary N) is 1. The molecule has 0 saturated heterocycles. The summed E-state index contributed by atoms with van der Waals surface area (Å²) in [6.45, 7) is 9.46. The van der Waals surface area contributed by atoms with Gasteiger partial charge in [0.2, 0.25) is 11.8 Å². The van der Waals surface area contributed by atoms with Crippen LogP contribution in [0.25, 0.3) is 0 Å². The number of ether oxygens (including phenoxy) is 2. The number of rotatable bonds is 13. The molecular weight excluding hydrogens is 464 g/mol. The van der Waals surface area contributed by atoms with Gasteiger partial charge in [-0.15, -0.1) is 0 Å². The second-order valence-corrected chi connectivity index (χ2v) is 9.86. The molecule has 0 spiro atoms. The van der Waals surface area contributed by atoms with Crippen molar-refractivity contribution in [3.63, 3.8) is 0 Å². The predicted octanol–water partition coefficient (Wildman–Crippen LogP) is 5.98. The fourth-order valence-corrected chi connectivity index (χ4v) is 5.08. The van der Waals surface area contributed by atoms with Crippen LogP contribution in [0.3, 0.4) is 0 Å². The van der Waals surface area contributed by atoms with Crippen LogP contribution in [0.15, 0.2) is 42.5 Å². The number of carbonyl (C=O) groups excluding carboxylic acids is 2. The Morgan fingerprint density at radius 3 is 2.35 bits per heavy atom. The third-order valence-electron chi connectivity index (χ3n) is 7.17. The van der Waals surface area contributed by atoms with Crippen LogP contribution < -0.4 is 14.8 Å². The van der Waals surface area contributed by atoms with E-state index < -0.39 is 6.04 Å². The first-order valence-electron chi connectivity index (χ1n) is 14.0. The first-order valence-corrected chi connectivity index (χ1v) is 14.0. The maximum Gasteiger partial charge on any atom is 0.243 e. The molecule has 1 aliphatic carbocycles. The van der Waals surface area contributed by atoms with Crippen LogP contribution in [-0.4, -0.2) is 42.0 Å². The van der Waals surface area contributed by atoms with Gasteiger partial charge in [0, 0.05) is 19.0 Å². The van der Waals surface area contributed by atoms with Gasteiger partial charge in [-0.1, -0.05) is 56.5 Å². The van der Waals surface area contributed by atoms with Crippen LogP contribution in [-0.2, 0) is 22.6 Å². The standard InChI is InChI=1S/C31H44N2O4/c1-5-27(31(35)32-26-15-9-8-10-16-26)33(22-25-14-12-11-13-23(25)4)30(34)20-18-24-17-19-28(36-6-2)29(21-24)37-7-3/h11-14,17,19,21,26-27H,5-10,15-16,18,20,22H2,1-4H3,(H,32,35)/t27-/m0/s1. The van der Waals surface area contributed by atoms with Crippen LogP contribution >= 0.6 is 0 Å². The lowest BCUT2D eigenvalue weighted by atomic mass is 9.95. The van der Waals surface area contributed by atoms with Crippen molar-refractivity contribution in [1.29, 1.82) is 0 Å². The van der Waals surface area contributed by atoms with Crippen LogP contribution in [0, 0.1) is 6.92 Å². The lowest BCUT2D eigenvalue weighted by molar-refractivity contribution is -0.141. The number of hydrogen-bond donors (Lipinski definition) is 1. The Bertz CT molecular complexity index is 1020. The summed E-state index contributed by atoms with van der Waals surface area (Å²) in [5.74, 6) is 1.37. The molecule has 6 nitrogen and oxygen atoms in total. The minimum Gasteiger partial charge on any atom is -0.490 e. The van der Waals surface area contributed by atoms with E-state index >= 15 is 0 Å². The molecule has 0 aliphatic heterocycles. The Hall–Kier alpha value is -3.02. The van der Waals surface area contributed by atoms with E-state index in [0.717, 1.165) is 42.4 Å². The van der Waals surface area contributed by atoms with Crippen molar-refractivity contribution >= 4 is 11.8 Å². The largest absolute Gasteiger partial charge is 0.490 e. The number of hydrogen-bond acceptors (Lipinski definition) is 4. The van der Waals surface area contributed by atoms with Gasteiger partial charge in [0.05, 0.1) is 13.2 Å². The maximum absolute atomic E-state index is 13.7. The molecule has 6 heteroatoms. The first kappa shape index (κ1) is 28.5. The molecule has 0 radical (unpaired) electrons. The molecule has 1 atom stereocenters. The topological polar surface area (TPSA) is 67.9 Å². The summed E-state index contributed by atoms with van der Waals surface area (Å²) in [6, 6.07) is 13.7. The monoisotopic (exact) mass is 508 g/mol. The Morgan fingerprint density at radius 2 is 1.68 bits per heavy atom. The normalized spacial score (nSPS) is 14.6. The molecule has 0 bridgehead atoms. The van der Waals surface area contributed by atoms with Gasteiger partial charge < -0.3 is 19.7 Å². The van der Waals surface area contributed by atoms with Crippen LogP contribution in [0.1, 0.15) is 82.4 Å². The van der Waals surface area contributed by atoms with Gasteiger partial charge >= 0.3 is 0 Å². The second-order valence-electron chi connectivity index (χ2n) is 9.86. The third kappa shape index (κ3) is 8.24. The lowest BCUT2D eigenvalue weighted by Gasteiger charge is -2.33. The molecule has 37 heavy (non-hydrogen) atoms. The van der Waals surface area contributed by atoms with Gasteiger partial charge in [-0.2, -0.15) is 0 Å². The zero-order valence-corrected chi connectivity index (χ0v) is 23.1. The zero-order valence-electron chi connectivity index (χ0n) is 23.1. The Balaban J connectivity index is 1.77. The second kappa shape index (κ2) is 14.7. The number of aryl methyl sites for hydroxylation is 2. The first-order chi connectivity index (χ1) is 18.0. The average Bonchev–Trinajstić information content (AvgIpc) is 2.90. The third-order valence-corrected chi connectivity index (χ3v) is 7.17. The van der Waals surface area contributed by atoms with E-state index in [2.05, 4.69) is 18.3 Å². The van der Waals surface area contributed by atoms with Crippen molar-refractivity contribution < 1.29 is 19.1 Å². The lowest BCUT2D eigenvalue weighted by Crippen LogP contribution is -2.51. The highest BCUT2D eigenvalue weighted by Crippen LogP contribution is 2.29. The number of benzene rings is 2. The summed E-state index contributed by atoms with van der Waals surface area (Å²) in [6.07, 6.45) is 7.04. The van der Waals surface area contributed by atoms with E-state index in [9.17, 15) is 9.59 Å².